The van der Waals surface area contributed by atoms with Crippen molar-refractivity contribution in [3.8, 4) is 5.75 Å². The molecule has 1 fully saturated rings. The van der Waals surface area contributed by atoms with Gasteiger partial charge in [-0.15, -0.1) is 0 Å². The van der Waals surface area contributed by atoms with Crippen molar-refractivity contribution >= 4 is 40.5 Å². The number of aromatic nitrogens is 1. The summed E-state index contributed by atoms with van der Waals surface area (Å²) in [5.41, 5.74) is 4.74. The zero-order valence-corrected chi connectivity index (χ0v) is 20.5. The highest BCUT2D eigenvalue weighted by Crippen LogP contribution is 2.26. The van der Waals surface area contributed by atoms with Gasteiger partial charge in [0.1, 0.15) is 18.0 Å². The number of nitrogens with one attached hydrogen (secondary N) is 2. The van der Waals surface area contributed by atoms with E-state index in [1.54, 1.807) is 30.3 Å². The lowest BCUT2D eigenvalue weighted by atomic mass is 10.1. The van der Waals surface area contributed by atoms with Crippen LogP contribution >= 0.6 is 0 Å². The number of carbonyl (C=O) groups is 3. The molecule has 4 aromatic rings. The number of urea groups is 1. The maximum Gasteiger partial charge on any atom is 0.329 e. The van der Waals surface area contributed by atoms with Crippen LogP contribution in [-0.4, -0.2) is 41.0 Å². The number of hydrogen-bond donors (Lipinski definition) is 2. The number of para-hydroxylation sites is 3. The Balaban J connectivity index is 1.37. The lowest BCUT2D eigenvalue weighted by Crippen LogP contribution is -2.38. The second-order valence-corrected chi connectivity index (χ2v) is 8.84. The number of fused-ring (bicyclic) bond motifs is 1. The average Bonchev–Trinajstić information content (AvgIpc) is 3.37. The first-order valence-electron chi connectivity index (χ1n) is 11.8. The normalized spacial score (nSPS) is 14.3. The summed E-state index contributed by atoms with van der Waals surface area (Å²) in [6.07, 6.45) is 3.63. The fourth-order valence-electron chi connectivity index (χ4n) is 4.36. The van der Waals surface area contributed by atoms with Gasteiger partial charge < -0.3 is 19.9 Å². The molecule has 0 aliphatic carbocycles. The minimum atomic E-state index is -0.644. The lowest BCUT2D eigenvalue weighted by Gasteiger charge is -2.13. The first-order valence-corrected chi connectivity index (χ1v) is 11.8. The molecule has 1 aliphatic rings. The maximum absolute atomic E-state index is 13.1. The number of benzene rings is 3. The Bertz CT molecular complexity index is 1540. The van der Waals surface area contributed by atoms with Gasteiger partial charge >= 0.3 is 6.03 Å². The predicted octanol–water partition coefficient (Wildman–Crippen LogP) is 4.54. The summed E-state index contributed by atoms with van der Waals surface area (Å²) in [7, 11) is 1.50. The number of aryl methyl sites for hydroxylation is 1. The molecule has 2 N–H and O–H groups in total. The number of amides is 4. The third-order valence-electron chi connectivity index (χ3n) is 6.24. The molecule has 2 heterocycles. The van der Waals surface area contributed by atoms with Crippen LogP contribution < -0.4 is 15.4 Å². The van der Waals surface area contributed by atoms with Gasteiger partial charge in [0.25, 0.3) is 5.91 Å². The first-order chi connectivity index (χ1) is 17.9. The molecule has 0 saturated carbocycles. The van der Waals surface area contributed by atoms with Crippen LogP contribution in [-0.2, 0) is 16.1 Å². The van der Waals surface area contributed by atoms with Crippen molar-refractivity contribution in [2.24, 2.45) is 0 Å². The molecule has 186 valence electrons. The summed E-state index contributed by atoms with van der Waals surface area (Å²) in [6.45, 7) is 2.30. The highest BCUT2D eigenvalue weighted by Gasteiger charge is 2.35. The molecule has 5 rings (SSSR count). The highest BCUT2D eigenvalue weighted by molar-refractivity contribution is 6.16. The lowest BCUT2D eigenvalue weighted by molar-refractivity contribution is -0.127. The van der Waals surface area contributed by atoms with E-state index >= 15 is 0 Å². The molecule has 4 amide bonds. The van der Waals surface area contributed by atoms with E-state index in [-0.39, 0.29) is 5.70 Å². The molecular weight excluding hydrogens is 468 g/mol. The van der Waals surface area contributed by atoms with Crippen LogP contribution in [0.5, 0.6) is 5.75 Å². The summed E-state index contributed by atoms with van der Waals surface area (Å²) in [5, 5.41) is 6.25. The Hall–Kier alpha value is -4.85. The van der Waals surface area contributed by atoms with Crippen LogP contribution in [0.2, 0.25) is 0 Å². The average molecular weight is 495 g/mol. The fourth-order valence-corrected chi connectivity index (χ4v) is 4.36. The third-order valence-corrected chi connectivity index (χ3v) is 6.24. The van der Waals surface area contributed by atoms with Crippen molar-refractivity contribution in [2.75, 3.05) is 19.0 Å². The number of methoxy groups -OCH3 is 1. The largest absolute Gasteiger partial charge is 0.495 e. The molecule has 1 saturated heterocycles. The second kappa shape index (κ2) is 10.0. The summed E-state index contributed by atoms with van der Waals surface area (Å²) in [6, 6.07) is 22.5. The van der Waals surface area contributed by atoms with E-state index in [2.05, 4.69) is 46.4 Å². The van der Waals surface area contributed by atoms with Crippen LogP contribution in [0.25, 0.3) is 17.0 Å². The SMILES string of the molecule is COc1ccccc1NC(=O)CN1C(=O)N/C(=C/c2cn(Cc3ccc(C)cc3)c3ccccc23)C1=O. The third kappa shape index (κ3) is 4.95. The zero-order chi connectivity index (χ0) is 25.9. The van der Waals surface area contributed by atoms with Crippen LogP contribution in [0.3, 0.4) is 0 Å². The standard InChI is InChI=1S/C29H26N4O4/c1-19-11-13-20(14-12-19)16-32-17-21(22-7-3-5-9-25(22)32)15-24-28(35)33(29(36)31-24)18-27(34)30-23-8-4-6-10-26(23)37-2/h3-15,17H,16,18H2,1-2H3,(H,30,34)(H,31,36)/b24-15+. The smallest absolute Gasteiger partial charge is 0.329 e. The van der Waals surface area contributed by atoms with Crippen molar-refractivity contribution in [3.05, 3.63) is 101 Å². The second-order valence-electron chi connectivity index (χ2n) is 8.84. The van der Waals surface area contributed by atoms with Gasteiger partial charge in [0.05, 0.1) is 12.8 Å². The molecule has 37 heavy (non-hydrogen) atoms. The number of imide groups is 1. The van der Waals surface area contributed by atoms with Gasteiger partial charge in [-0.2, -0.15) is 0 Å². The molecule has 1 aromatic heterocycles. The molecule has 0 atom stereocenters. The summed E-state index contributed by atoms with van der Waals surface area (Å²) in [4.78, 5) is 39.1. The Labute approximate surface area is 214 Å². The van der Waals surface area contributed by atoms with Gasteiger partial charge in [0, 0.05) is 29.2 Å². The predicted molar refractivity (Wildman–Crippen MR) is 142 cm³/mol. The fraction of sp³-hybridized carbons (Fsp3) is 0.138. The number of ether oxygens (including phenoxy) is 1. The Morgan fingerprint density at radius 1 is 1.00 bits per heavy atom. The molecule has 0 bridgehead atoms. The Morgan fingerprint density at radius 2 is 1.73 bits per heavy atom. The van der Waals surface area contributed by atoms with Crippen LogP contribution in [0, 0.1) is 6.92 Å². The number of rotatable bonds is 7. The van der Waals surface area contributed by atoms with Crippen molar-refractivity contribution in [2.45, 2.75) is 13.5 Å². The number of nitrogens with zero attached hydrogens (tertiary/aromatic N) is 2. The van der Waals surface area contributed by atoms with E-state index in [1.807, 2.05) is 30.5 Å². The number of carbonyl (C=O) groups excluding carboxylic acids is 3. The van der Waals surface area contributed by atoms with Gasteiger partial charge in [-0.1, -0.05) is 60.2 Å². The topological polar surface area (TPSA) is 92.7 Å². The molecule has 8 nitrogen and oxygen atoms in total. The van der Waals surface area contributed by atoms with Gasteiger partial charge in [0.2, 0.25) is 5.91 Å². The van der Waals surface area contributed by atoms with E-state index in [0.29, 0.717) is 18.0 Å². The van der Waals surface area contributed by atoms with E-state index in [1.165, 1.54) is 12.7 Å². The van der Waals surface area contributed by atoms with Crippen molar-refractivity contribution < 1.29 is 19.1 Å². The van der Waals surface area contributed by atoms with Crippen molar-refractivity contribution in [1.29, 1.82) is 0 Å². The quantitative estimate of drug-likeness (QED) is 0.292. The van der Waals surface area contributed by atoms with E-state index in [4.69, 9.17) is 4.74 Å². The monoisotopic (exact) mass is 494 g/mol. The molecule has 8 heteroatoms. The maximum atomic E-state index is 13.1. The molecule has 3 aromatic carbocycles. The summed E-state index contributed by atoms with van der Waals surface area (Å²) < 4.78 is 7.35. The summed E-state index contributed by atoms with van der Waals surface area (Å²) >= 11 is 0. The van der Waals surface area contributed by atoms with E-state index in [9.17, 15) is 14.4 Å². The molecular formula is C29H26N4O4. The summed E-state index contributed by atoms with van der Waals surface area (Å²) in [5.74, 6) is -0.588. The Kier molecular flexibility index (Phi) is 6.47. The molecule has 0 unspecified atom stereocenters. The van der Waals surface area contributed by atoms with Crippen molar-refractivity contribution in [3.63, 3.8) is 0 Å². The number of anilines is 1. The van der Waals surface area contributed by atoms with Crippen LogP contribution in [0.1, 0.15) is 16.7 Å². The minimum absolute atomic E-state index is 0.119. The molecule has 1 aliphatic heterocycles. The Morgan fingerprint density at radius 3 is 2.51 bits per heavy atom. The minimum Gasteiger partial charge on any atom is -0.495 e. The van der Waals surface area contributed by atoms with Crippen LogP contribution in [0.15, 0.2) is 84.7 Å². The molecule has 0 spiro atoms. The first kappa shape index (κ1) is 23.9. The van der Waals surface area contributed by atoms with Gasteiger partial charge in [-0.05, 0) is 36.8 Å². The zero-order valence-electron chi connectivity index (χ0n) is 20.5. The van der Waals surface area contributed by atoms with E-state index < -0.39 is 24.4 Å². The van der Waals surface area contributed by atoms with E-state index in [0.717, 1.165) is 26.9 Å². The highest BCUT2D eigenvalue weighted by atomic mass is 16.5. The van der Waals surface area contributed by atoms with Gasteiger partial charge in [-0.3, -0.25) is 9.59 Å². The van der Waals surface area contributed by atoms with Crippen LogP contribution in [0.4, 0.5) is 10.5 Å². The molecule has 0 radical (unpaired) electrons. The number of hydrogen-bond acceptors (Lipinski definition) is 4. The van der Waals surface area contributed by atoms with Gasteiger partial charge in [0.15, 0.2) is 0 Å². The van der Waals surface area contributed by atoms with Gasteiger partial charge in [-0.25, -0.2) is 9.69 Å². The van der Waals surface area contributed by atoms with Crippen molar-refractivity contribution in [1.82, 2.24) is 14.8 Å².